The summed E-state index contributed by atoms with van der Waals surface area (Å²) in [5.41, 5.74) is 0.223. The Morgan fingerprint density at radius 1 is 1.67 bits per heavy atom. The van der Waals surface area contributed by atoms with Crippen LogP contribution in [-0.4, -0.2) is 16.7 Å². The molecule has 0 aliphatic rings. The van der Waals surface area contributed by atoms with Gasteiger partial charge < -0.3 is 10.1 Å². The highest BCUT2D eigenvalue weighted by atomic mass is 35.5. The Morgan fingerprint density at radius 2 is 2.42 bits per heavy atom. The fraction of sp³-hybridized carbons (Fsp3) is 0.125. The minimum Gasteiger partial charge on any atom is -0.392 e. The molecule has 64 valence electrons. The summed E-state index contributed by atoms with van der Waals surface area (Å²) in [6, 6.07) is 1.53. The van der Waals surface area contributed by atoms with Crippen LogP contribution in [0, 0.1) is 0 Å². The quantitative estimate of drug-likeness (QED) is 0.723. The number of nitrogens with one attached hydrogen (secondary N) is 1. The van der Waals surface area contributed by atoms with Gasteiger partial charge in [-0.25, -0.2) is 0 Å². The van der Waals surface area contributed by atoms with E-state index in [1.165, 1.54) is 24.4 Å². The van der Waals surface area contributed by atoms with E-state index in [1.807, 2.05) is 0 Å². The predicted molar refractivity (Wildman–Crippen MR) is 48.2 cm³/mol. The molecule has 3 nitrogen and oxygen atoms in total. The second-order valence-electron chi connectivity index (χ2n) is 2.19. The van der Waals surface area contributed by atoms with Crippen molar-refractivity contribution in [2.45, 2.75) is 0 Å². The topological polar surface area (TPSA) is 53.1 Å². The van der Waals surface area contributed by atoms with E-state index in [0.717, 1.165) is 0 Å². The number of rotatable bonds is 2. The van der Waals surface area contributed by atoms with E-state index in [9.17, 15) is 4.79 Å². The molecular formula is C8H8ClNO2. The molecule has 0 amide bonds. The third kappa shape index (κ3) is 2.22. The van der Waals surface area contributed by atoms with Crippen molar-refractivity contribution in [3.8, 4) is 0 Å². The summed E-state index contributed by atoms with van der Waals surface area (Å²) in [6.07, 6.45) is 4.41. The molecule has 4 heteroatoms. The second-order valence-corrected chi connectivity index (χ2v) is 2.62. The Hall–Kier alpha value is -1.06. The number of H-pyrrole nitrogens is 1. The Kier molecular flexibility index (Phi) is 3.08. The molecule has 0 aliphatic carbocycles. The van der Waals surface area contributed by atoms with Crippen molar-refractivity contribution in [1.82, 2.24) is 4.98 Å². The number of aromatic amines is 1. The Balaban J connectivity index is 3.06. The number of aromatic nitrogens is 1. The third-order valence-corrected chi connectivity index (χ3v) is 1.52. The van der Waals surface area contributed by atoms with Crippen LogP contribution in [0.15, 0.2) is 23.1 Å². The van der Waals surface area contributed by atoms with E-state index in [4.69, 9.17) is 16.7 Å². The summed E-state index contributed by atoms with van der Waals surface area (Å²) in [7, 11) is 0. The maximum absolute atomic E-state index is 11.0. The minimum absolute atomic E-state index is 0.0913. The molecule has 0 spiro atoms. The highest BCUT2D eigenvalue weighted by Gasteiger charge is 1.94. The van der Waals surface area contributed by atoms with Gasteiger partial charge in [0.1, 0.15) is 0 Å². The zero-order chi connectivity index (χ0) is 8.97. The summed E-state index contributed by atoms with van der Waals surface area (Å²) in [5.74, 6) is 0. The first kappa shape index (κ1) is 9.03. The molecule has 1 aromatic rings. The van der Waals surface area contributed by atoms with Gasteiger partial charge in [-0.2, -0.15) is 0 Å². The van der Waals surface area contributed by atoms with Crippen LogP contribution in [0.3, 0.4) is 0 Å². The summed E-state index contributed by atoms with van der Waals surface area (Å²) in [5, 5.41) is 8.92. The summed E-state index contributed by atoms with van der Waals surface area (Å²) in [4.78, 5) is 13.5. The lowest BCUT2D eigenvalue weighted by molar-refractivity contribution is 0.343. The monoisotopic (exact) mass is 185 g/mol. The molecule has 0 saturated heterocycles. The standard InChI is InChI=1S/C8H8ClNO2/c9-7-4-6(2-1-3-11)8(12)10-5-7/h1-2,4-5,11H,3H2,(H,10,12). The molecule has 1 aromatic heterocycles. The van der Waals surface area contributed by atoms with Gasteiger partial charge in [-0.05, 0) is 6.07 Å². The van der Waals surface area contributed by atoms with Crippen LogP contribution in [0.4, 0.5) is 0 Å². The zero-order valence-electron chi connectivity index (χ0n) is 6.25. The normalized spacial score (nSPS) is 10.8. The van der Waals surface area contributed by atoms with Crippen molar-refractivity contribution < 1.29 is 5.11 Å². The lowest BCUT2D eigenvalue weighted by Crippen LogP contribution is -2.07. The first-order valence-electron chi connectivity index (χ1n) is 3.39. The maximum Gasteiger partial charge on any atom is 0.255 e. The van der Waals surface area contributed by atoms with Gasteiger partial charge in [-0.15, -0.1) is 0 Å². The van der Waals surface area contributed by atoms with Gasteiger partial charge in [0.2, 0.25) is 0 Å². The highest BCUT2D eigenvalue weighted by Crippen LogP contribution is 2.05. The second kappa shape index (κ2) is 4.09. The van der Waals surface area contributed by atoms with Crippen molar-refractivity contribution in [3.05, 3.63) is 39.3 Å². The number of pyridine rings is 1. The van der Waals surface area contributed by atoms with Crippen LogP contribution in [-0.2, 0) is 0 Å². The summed E-state index contributed by atoms with van der Waals surface area (Å²) in [6.45, 7) is -0.0913. The molecule has 1 heterocycles. The molecule has 0 aliphatic heterocycles. The lowest BCUT2D eigenvalue weighted by Gasteiger charge is -1.92. The highest BCUT2D eigenvalue weighted by molar-refractivity contribution is 6.30. The molecule has 0 fully saturated rings. The Morgan fingerprint density at radius 3 is 3.08 bits per heavy atom. The van der Waals surface area contributed by atoms with Gasteiger partial charge in [0.15, 0.2) is 0 Å². The predicted octanol–water partition coefficient (Wildman–Crippen LogP) is 1.03. The maximum atomic E-state index is 11.0. The van der Waals surface area contributed by atoms with Gasteiger partial charge in [-0.3, -0.25) is 4.79 Å². The molecule has 0 saturated carbocycles. The average Bonchev–Trinajstić information content (AvgIpc) is 2.07. The lowest BCUT2D eigenvalue weighted by atomic mass is 10.2. The summed E-state index contributed by atoms with van der Waals surface area (Å²) < 4.78 is 0. The number of hydrogen-bond acceptors (Lipinski definition) is 2. The van der Waals surface area contributed by atoms with Crippen LogP contribution in [0.2, 0.25) is 5.02 Å². The molecule has 2 N–H and O–H groups in total. The van der Waals surface area contributed by atoms with Crippen LogP contribution in [0.5, 0.6) is 0 Å². The van der Waals surface area contributed by atoms with Gasteiger partial charge in [0.05, 0.1) is 11.6 Å². The Labute approximate surface area is 74.3 Å². The first-order chi connectivity index (χ1) is 5.74. The fourth-order valence-electron chi connectivity index (χ4n) is 0.777. The van der Waals surface area contributed by atoms with Crippen LogP contribution in [0.25, 0.3) is 6.08 Å². The molecule has 1 rings (SSSR count). The SMILES string of the molecule is O=c1[nH]cc(Cl)cc1C=CCO. The van der Waals surface area contributed by atoms with E-state index in [1.54, 1.807) is 0 Å². The zero-order valence-corrected chi connectivity index (χ0v) is 7.01. The van der Waals surface area contributed by atoms with Crippen molar-refractivity contribution in [2.24, 2.45) is 0 Å². The van der Waals surface area contributed by atoms with Gasteiger partial charge in [-0.1, -0.05) is 23.8 Å². The molecule has 0 radical (unpaired) electrons. The van der Waals surface area contributed by atoms with Crippen molar-refractivity contribution in [2.75, 3.05) is 6.61 Å². The van der Waals surface area contributed by atoms with Gasteiger partial charge in [0.25, 0.3) is 5.56 Å². The molecule has 0 bridgehead atoms. The molecule has 12 heavy (non-hydrogen) atoms. The number of aliphatic hydroxyl groups is 1. The molecule has 0 atom stereocenters. The smallest absolute Gasteiger partial charge is 0.255 e. The van der Waals surface area contributed by atoms with E-state index >= 15 is 0 Å². The number of halogens is 1. The van der Waals surface area contributed by atoms with E-state index in [-0.39, 0.29) is 12.2 Å². The van der Waals surface area contributed by atoms with E-state index < -0.39 is 0 Å². The van der Waals surface area contributed by atoms with E-state index in [0.29, 0.717) is 10.6 Å². The van der Waals surface area contributed by atoms with Crippen LogP contribution in [0.1, 0.15) is 5.56 Å². The number of hydrogen-bond donors (Lipinski definition) is 2. The fourth-order valence-corrected chi connectivity index (χ4v) is 0.949. The van der Waals surface area contributed by atoms with Crippen molar-refractivity contribution in [3.63, 3.8) is 0 Å². The average molecular weight is 186 g/mol. The summed E-state index contributed by atoms with van der Waals surface area (Å²) >= 11 is 5.63. The molecular weight excluding hydrogens is 178 g/mol. The van der Waals surface area contributed by atoms with E-state index in [2.05, 4.69) is 4.98 Å². The number of aliphatic hydroxyl groups excluding tert-OH is 1. The third-order valence-electron chi connectivity index (χ3n) is 1.30. The minimum atomic E-state index is -0.218. The van der Waals surface area contributed by atoms with Gasteiger partial charge in [0, 0.05) is 11.8 Å². The molecule has 0 aromatic carbocycles. The van der Waals surface area contributed by atoms with Crippen LogP contribution < -0.4 is 5.56 Å². The van der Waals surface area contributed by atoms with Gasteiger partial charge >= 0.3 is 0 Å². The van der Waals surface area contributed by atoms with Crippen molar-refractivity contribution >= 4 is 17.7 Å². The van der Waals surface area contributed by atoms with Crippen molar-refractivity contribution in [1.29, 1.82) is 0 Å². The molecule has 0 unspecified atom stereocenters. The first-order valence-corrected chi connectivity index (χ1v) is 3.77. The largest absolute Gasteiger partial charge is 0.392 e. The van der Waals surface area contributed by atoms with Crippen LogP contribution >= 0.6 is 11.6 Å². The Bertz CT molecular complexity index is 343.